The number of aromatic nitrogens is 1. The molecule has 0 bridgehead atoms. The van der Waals surface area contributed by atoms with Crippen LogP contribution in [-0.2, 0) is 0 Å². The molecular weight excluding hydrogens is 909 g/mol. The summed E-state index contributed by atoms with van der Waals surface area (Å²) in [6, 6.07) is 105. The number of para-hydroxylation sites is 3. The Balaban J connectivity index is 0.764. The van der Waals surface area contributed by atoms with E-state index < -0.39 is 0 Å². The van der Waals surface area contributed by atoms with Crippen LogP contribution in [0.2, 0.25) is 0 Å². The van der Waals surface area contributed by atoms with Crippen molar-refractivity contribution in [1.29, 1.82) is 0 Å². The van der Waals surface area contributed by atoms with Crippen molar-refractivity contribution >= 4 is 60.8 Å². The number of benzene rings is 12. The van der Waals surface area contributed by atoms with Gasteiger partial charge in [0.05, 0.1) is 11.0 Å². The normalized spacial score (nSPS) is 11.5. The van der Waals surface area contributed by atoms with Crippen LogP contribution in [-0.4, -0.2) is 4.57 Å². The Hall–Kier alpha value is -9.96. The Morgan fingerprint density at radius 3 is 1.11 bits per heavy atom. The predicted octanol–water partition coefficient (Wildman–Crippen LogP) is 20.2. The Morgan fingerprint density at radius 1 is 0.227 bits per heavy atom. The van der Waals surface area contributed by atoms with Crippen LogP contribution in [0, 0.1) is 0 Å². The molecule has 0 unspecified atom stereocenters. The lowest BCUT2D eigenvalue weighted by Crippen LogP contribution is -2.09. The van der Waals surface area contributed by atoms with Crippen molar-refractivity contribution in [3.8, 4) is 72.4 Å². The maximum atomic E-state index is 6.26. The minimum atomic E-state index is 0.900. The molecular formula is C72H48N2O. The average molecular weight is 957 g/mol. The molecule has 75 heavy (non-hydrogen) atoms. The number of fused-ring (bicyclic) bond motifs is 6. The number of hydrogen-bond acceptors (Lipinski definition) is 2. The van der Waals surface area contributed by atoms with Gasteiger partial charge in [0.2, 0.25) is 0 Å². The van der Waals surface area contributed by atoms with Crippen molar-refractivity contribution in [2.24, 2.45) is 0 Å². The maximum Gasteiger partial charge on any atom is 0.136 e. The van der Waals surface area contributed by atoms with E-state index in [2.05, 4.69) is 289 Å². The fourth-order valence-electron chi connectivity index (χ4n) is 11.0. The third-order valence-corrected chi connectivity index (χ3v) is 14.8. The molecule has 0 aliphatic rings. The van der Waals surface area contributed by atoms with E-state index in [9.17, 15) is 0 Å². The van der Waals surface area contributed by atoms with Gasteiger partial charge in [-0.1, -0.05) is 206 Å². The molecule has 0 fully saturated rings. The summed E-state index contributed by atoms with van der Waals surface area (Å²) in [5.41, 5.74) is 22.7. The summed E-state index contributed by atoms with van der Waals surface area (Å²) in [6.45, 7) is 0. The molecule has 14 rings (SSSR count). The molecule has 0 N–H and O–H groups in total. The molecule has 0 saturated carbocycles. The van der Waals surface area contributed by atoms with E-state index in [4.69, 9.17) is 4.42 Å². The number of anilines is 3. The quantitative estimate of drug-likeness (QED) is 0.136. The third-order valence-electron chi connectivity index (χ3n) is 14.8. The molecule has 2 aromatic heterocycles. The lowest BCUT2D eigenvalue weighted by Gasteiger charge is -2.26. The van der Waals surface area contributed by atoms with Gasteiger partial charge in [0.1, 0.15) is 11.2 Å². The summed E-state index contributed by atoms with van der Waals surface area (Å²) in [6.07, 6.45) is 0. The highest BCUT2D eigenvalue weighted by Gasteiger charge is 2.16. The van der Waals surface area contributed by atoms with Crippen LogP contribution in [0.25, 0.3) is 116 Å². The van der Waals surface area contributed by atoms with Crippen LogP contribution in [0.15, 0.2) is 296 Å². The van der Waals surface area contributed by atoms with Crippen molar-refractivity contribution in [2.75, 3.05) is 4.90 Å². The zero-order valence-electron chi connectivity index (χ0n) is 41.0. The second-order valence-electron chi connectivity index (χ2n) is 19.3. The minimum Gasteiger partial charge on any atom is -0.456 e. The molecule has 12 aromatic carbocycles. The van der Waals surface area contributed by atoms with E-state index in [1.165, 1.54) is 60.8 Å². The zero-order valence-corrected chi connectivity index (χ0v) is 41.0. The monoisotopic (exact) mass is 956 g/mol. The van der Waals surface area contributed by atoms with E-state index >= 15 is 0 Å². The number of furan rings is 1. The average Bonchev–Trinajstić information content (AvgIpc) is 4.05. The van der Waals surface area contributed by atoms with Gasteiger partial charge in [-0.15, -0.1) is 0 Å². The molecule has 0 aliphatic carbocycles. The first-order valence-corrected chi connectivity index (χ1v) is 25.6. The van der Waals surface area contributed by atoms with Gasteiger partial charge >= 0.3 is 0 Å². The van der Waals surface area contributed by atoms with Gasteiger partial charge < -0.3 is 13.9 Å². The maximum absolute atomic E-state index is 6.26. The number of hydrogen-bond donors (Lipinski definition) is 0. The molecule has 14 aromatic rings. The van der Waals surface area contributed by atoms with Gasteiger partial charge in [-0.3, -0.25) is 0 Å². The summed E-state index contributed by atoms with van der Waals surface area (Å²) < 4.78 is 8.64. The highest BCUT2D eigenvalue weighted by Crippen LogP contribution is 2.40. The first-order valence-electron chi connectivity index (χ1n) is 25.6. The first-order chi connectivity index (χ1) is 37.1. The molecule has 0 amide bonds. The molecule has 0 saturated heterocycles. The summed E-state index contributed by atoms with van der Waals surface area (Å²) >= 11 is 0. The van der Waals surface area contributed by atoms with Crippen molar-refractivity contribution in [1.82, 2.24) is 4.57 Å². The minimum absolute atomic E-state index is 0.900. The van der Waals surface area contributed by atoms with Crippen molar-refractivity contribution in [3.63, 3.8) is 0 Å². The Bertz CT molecular complexity index is 4300. The van der Waals surface area contributed by atoms with Gasteiger partial charge in [-0.25, -0.2) is 0 Å². The molecule has 3 heteroatoms. The Kier molecular flexibility index (Phi) is 10.8. The van der Waals surface area contributed by atoms with Gasteiger partial charge in [0.25, 0.3) is 0 Å². The molecule has 0 atom stereocenters. The second kappa shape index (κ2) is 18.6. The fraction of sp³-hybridized carbons (Fsp3) is 0. The zero-order chi connectivity index (χ0) is 49.7. The van der Waals surface area contributed by atoms with Crippen LogP contribution in [0.4, 0.5) is 17.1 Å². The highest BCUT2D eigenvalue weighted by molar-refractivity contribution is 6.09. The van der Waals surface area contributed by atoms with Gasteiger partial charge in [0.15, 0.2) is 0 Å². The van der Waals surface area contributed by atoms with Crippen molar-refractivity contribution in [2.45, 2.75) is 0 Å². The van der Waals surface area contributed by atoms with Crippen LogP contribution in [0.3, 0.4) is 0 Å². The predicted molar refractivity (Wildman–Crippen MR) is 315 cm³/mol. The Morgan fingerprint density at radius 2 is 0.573 bits per heavy atom. The summed E-state index contributed by atoms with van der Waals surface area (Å²) in [5, 5.41) is 4.81. The van der Waals surface area contributed by atoms with Crippen LogP contribution in [0.5, 0.6) is 0 Å². The topological polar surface area (TPSA) is 21.3 Å². The standard InChI is InChI=1S/C72H48N2O/c1-2-12-49(13-3-1)50-24-26-51(27-25-50)53-32-39-61(40-33-53)73(63-43-36-56(37-44-63)57-14-10-15-58(46-57)60-38-45-68-67-20-6-9-23-71(67)75-72(68)48-60)62-41-34-54(35-42-62)52-28-30-55(31-29-52)59-16-11-17-64(47-59)74-69-21-7-4-18-65(69)66-19-5-8-22-70(66)74/h1-48H. The smallest absolute Gasteiger partial charge is 0.136 e. The van der Waals surface area contributed by atoms with Crippen LogP contribution < -0.4 is 4.90 Å². The van der Waals surface area contributed by atoms with E-state index in [0.29, 0.717) is 0 Å². The van der Waals surface area contributed by atoms with Gasteiger partial charge in [0, 0.05) is 44.3 Å². The molecule has 0 spiro atoms. The molecule has 352 valence electrons. The van der Waals surface area contributed by atoms with Gasteiger partial charge in [-0.2, -0.15) is 0 Å². The summed E-state index contributed by atoms with van der Waals surface area (Å²) in [4.78, 5) is 2.35. The third kappa shape index (κ3) is 8.14. The van der Waals surface area contributed by atoms with E-state index in [-0.39, 0.29) is 0 Å². The highest BCUT2D eigenvalue weighted by atomic mass is 16.3. The molecule has 3 nitrogen and oxygen atoms in total. The Labute approximate surface area is 436 Å². The number of rotatable bonds is 10. The van der Waals surface area contributed by atoms with Gasteiger partial charge in [-0.05, 0) is 152 Å². The molecule has 0 aliphatic heterocycles. The number of nitrogens with zero attached hydrogens (tertiary/aromatic N) is 2. The molecule has 2 heterocycles. The first kappa shape index (κ1) is 43.8. The van der Waals surface area contributed by atoms with Crippen LogP contribution in [0.1, 0.15) is 0 Å². The largest absolute Gasteiger partial charge is 0.456 e. The molecule has 0 radical (unpaired) electrons. The second-order valence-corrected chi connectivity index (χ2v) is 19.3. The lowest BCUT2D eigenvalue weighted by atomic mass is 9.98. The van der Waals surface area contributed by atoms with E-state index in [1.807, 2.05) is 12.1 Å². The summed E-state index contributed by atoms with van der Waals surface area (Å²) in [7, 11) is 0. The van der Waals surface area contributed by atoms with Crippen molar-refractivity contribution in [3.05, 3.63) is 291 Å². The van der Waals surface area contributed by atoms with E-state index in [1.54, 1.807) is 0 Å². The lowest BCUT2D eigenvalue weighted by molar-refractivity contribution is 0.669. The SMILES string of the molecule is c1ccc(-c2ccc(-c3ccc(N(c4ccc(-c5ccc(-c6cccc(-n7c8ccccc8c8ccccc87)c6)cc5)cc4)c4ccc(-c5cccc(-c6ccc7c(c6)oc6ccccc67)c5)cc4)cc3)cc2)cc1. The summed E-state index contributed by atoms with van der Waals surface area (Å²) in [5.74, 6) is 0. The van der Waals surface area contributed by atoms with Crippen molar-refractivity contribution < 1.29 is 4.42 Å². The fourth-order valence-corrected chi connectivity index (χ4v) is 11.0. The van der Waals surface area contributed by atoms with E-state index in [0.717, 1.165) is 72.5 Å². The van der Waals surface area contributed by atoms with Crippen LogP contribution >= 0.6 is 0 Å².